The summed E-state index contributed by atoms with van der Waals surface area (Å²) in [5, 5.41) is 11.9. The summed E-state index contributed by atoms with van der Waals surface area (Å²) < 4.78 is 2.03. The van der Waals surface area contributed by atoms with Gasteiger partial charge in [0.25, 0.3) is 0 Å². The van der Waals surface area contributed by atoms with Crippen molar-refractivity contribution in [1.29, 1.82) is 0 Å². The van der Waals surface area contributed by atoms with Gasteiger partial charge in [-0.2, -0.15) is 0 Å². The maximum absolute atomic E-state index is 4.25. The topological polar surface area (TPSA) is 42.2 Å². The molecule has 3 aromatic rings. The second-order valence-corrected chi connectivity index (χ2v) is 5.62. The Morgan fingerprint density at radius 1 is 1.00 bits per heavy atom. The maximum Gasteiger partial charge on any atom is 0.160 e. The third kappa shape index (κ3) is 2.54. The molecule has 0 saturated heterocycles. The first-order chi connectivity index (χ1) is 10.4. The molecule has 106 valence electrons. The van der Waals surface area contributed by atoms with Gasteiger partial charge in [-0.25, -0.2) is 0 Å². The van der Waals surface area contributed by atoms with Gasteiger partial charge >= 0.3 is 0 Å². The second-order valence-electron chi connectivity index (χ2n) is 5.62. The predicted molar refractivity (Wildman–Crippen MR) is 81.9 cm³/mol. The van der Waals surface area contributed by atoms with E-state index < -0.39 is 0 Å². The van der Waals surface area contributed by atoms with Crippen molar-refractivity contribution in [2.24, 2.45) is 0 Å². The molecule has 1 aliphatic carbocycles. The summed E-state index contributed by atoms with van der Waals surface area (Å²) in [6.07, 6.45) is 4.68. The average molecular weight is 278 g/mol. The highest BCUT2D eigenvalue weighted by Gasteiger charge is 2.25. The molecule has 1 aromatic carbocycles. The number of rotatable bonds is 5. The van der Waals surface area contributed by atoms with Crippen LogP contribution in [0.15, 0.2) is 48.7 Å². The first-order valence-electron chi connectivity index (χ1n) is 7.49. The molecule has 0 radical (unpaired) electrons. The smallest absolute Gasteiger partial charge is 0.160 e. The molecule has 0 spiro atoms. The van der Waals surface area contributed by atoms with Gasteiger partial charge in [-0.15, -0.1) is 10.2 Å². The molecule has 2 heterocycles. The summed E-state index contributed by atoms with van der Waals surface area (Å²) in [5.41, 5.74) is 3.82. The van der Waals surface area contributed by atoms with Crippen LogP contribution in [0.3, 0.4) is 0 Å². The number of aromatic nitrogens is 3. The molecule has 4 nitrogen and oxygen atoms in total. The van der Waals surface area contributed by atoms with Crippen molar-refractivity contribution < 1.29 is 0 Å². The van der Waals surface area contributed by atoms with Gasteiger partial charge in [-0.05, 0) is 42.0 Å². The zero-order chi connectivity index (χ0) is 14.1. The van der Waals surface area contributed by atoms with Crippen LogP contribution < -0.4 is 5.32 Å². The molecular formula is C17H18N4. The minimum absolute atomic E-state index is 0.726. The van der Waals surface area contributed by atoms with Crippen molar-refractivity contribution in [2.75, 3.05) is 0 Å². The lowest BCUT2D eigenvalue weighted by molar-refractivity contribution is 0.653. The molecule has 21 heavy (non-hydrogen) atoms. The molecule has 0 amide bonds. The van der Waals surface area contributed by atoms with Crippen LogP contribution in [-0.2, 0) is 13.1 Å². The lowest BCUT2D eigenvalue weighted by Gasteiger charge is -2.09. The van der Waals surface area contributed by atoms with E-state index in [1.807, 2.05) is 28.8 Å². The van der Waals surface area contributed by atoms with Gasteiger partial charge in [0, 0.05) is 12.7 Å². The van der Waals surface area contributed by atoms with E-state index in [9.17, 15) is 0 Å². The zero-order valence-corrected chi connectivity index (χ0v) is 11.9. The van der Waals surface area contributed by atoms with Crippen LogP contribution in [0.5, 0.6) is 0 Å². The molecule has 4 heteroatoms. The first-order valence-corrected chi connectivity index (χ1v) is 7.49. The molecule has 0 atom stereocenters. The van der Waals surface area contributed by atoms with E-state index in [1.165, 1.54) is 24.0 Å². The van der Waals surface area contributed by atoms with Crippen molar-refractivity contribution in [1.82, 2.24) is 19.9 Å². The monoisotopic (exact) mass is 278 g/mol. The normalized spacial score (nSPS) is 14.7. The van der Waals surface area contributed by atoms with Crippen LogP contribution in [0.4, 0.5) is 0 Å². The second kappa shape index (κ2) is 5.30. The highest BCUT2D eigenvalue weighted by atomic mass is 15.3. The molecule has 1 fully saturated rings. The fourth-order valence-electron chi connectivity index (χ4n) is 2.81. The molecule has 0 aliphatic heterocycles. The number of fused-ring (bicyclic) bond motifs is 1. The van der Waals surface area contributed by atoms with Gasteiger partial charge in [0.1, 0.15) is 0 Å². The average Bonchev–Trinajstić information content (AvgIpc) is 3.30. The van der Waals surface area contributed by atoms with Crippen LogP contribution in [0.2, 0.25) is 0 Å². The van der Waals surface area contributed by atoms with E-state index in [2.05, 4.69) is 39.8 Å². The van der Waals surface area contributed by atoms with E-state index in [-0.39, 0.29) is 0 Å². The van der Waals surface area contributed by atoms with Gasteiger partial charge in [0.15, 0.2) is 11.5 Å². The van der Waals surface area contributed by atoms with E-state index in [0.717, 1.165) is 30.5 Å². The van der Waals surface area contributed by atoms with Gasteiger partial charge in [0.05, 0.1) is 6.54 Å². The van der Waals surface area contributed by atoms with Crippen LogP contribution in [0, 0.1) is 0 Å². The Bertz CT molecular complexity index is 758. The lowest BCUT2D eigenvalue weighted by Crippen LogP contribution is -2.15. The molecule has 0 unspecified atom stereocenters. The number of nitrogens with one attached hydrogen (secondary N) is 1. The van der Waals surface area contributed by atoms with Crippen LogP contribution in [-0.4, -0.2) is 14.6 Å². The maximum atomic E-state index is 4.25. The molecular weight excluding hydrogens is 260 g/mol. The van der Waals surface area contributed by atoms with Gasteiger partial charge in [-0.1, -0.05) is 30.3 Å². The van der Waals surface area contributed by atoms with Crippen molar-refractivity contribution in [2.45, 2.75) is 31.8 Å². The van der Waals surface area contributed by atoms with Crippen LogP contribution in [0.1, 0.15) is 35.7 Å². The number of hydrogen-bond donors (Lipinski definition) is 1. The molecule has 4 rings (SSSR count). The highest BCUT2D eigenvalue weighted by molar-refractivity contribution is 5.37. The Morgan fingerprint density at radius 3 is 2.76 bits per heavy atom. The summed E-state index contributed by atoms with van der Waals surface area (Å²) >= 11 is 0. The first kappa shape index (κ1) is 12.5. The fraction of sp³-hybridized carbons (Fsp3) is 0.294. The molecule has 1 aliphatic rings. The number of benzene rings is 1. The Morgan fingerprint density at radius 2 is 1.86 bits per heavy atom. The third-order valence-corrected chi connectivity index (χ3v) is 4.06. The molecule has 1 saturated carbocycles. The number of pyridine rings is 1. The Labute approximate surface area is 123 Å². The largest absolute Gasteiger partial charge is 0.306 e. The van der Waals surface area contributed by atoms with Gasteiger partial charge < -0.3 is 5.32 Å². The fourth-order valence-corrected chi connectivity index (χ4v) is 2.81. The Kier molecular flexibility index (Phi) is 3.16. The van der Waals surface area contributed by atoms with E-state index in [1.54, 1.807) is 0 Å². The summed E-state index contributed by atoms with van der Waals surface area (Å²) in [5.74, 6) is 1.74. The third-order valence-electron chi connectivity index (χ3n) is 4.06. The summed E-state index contributed by atoms with van der Waals surface area (Å²) in [6.45, 7) is 1.61. The van der Waals surface area contributed by atoms with E-state index in [0.29, 0.717) is 0 Å². The summed E-state index contributed by atoms with van der Waals surface area (Å²) in [6, 6.07) is 14.7. The van der Waals surface area contributed by atoms with Crippen molar-refractivity contribution in [3.05, 3.63) is 65.6 Å². The minimum Gasteiger partial charge on any atom is -0.306 e. The summed E-state index contributed by atoms with van der Waals surface area (Å²) in [7, 11) is 0. The van der Waals surface area contributed by atoms with E-state index in [4.69, 9.17) is 0 Å². The van der Waals surface area contributed by atoms with Crippen molar-refractivity contribution in [3.63, 3.8) is 0 Å². The lowest BCUT2D eigenvalue weighted by atomic mass is 10.0. The standard InChI is InChI=1S/C17H18N4/c1-2-6-15(13-8-9-13)14(5-1)11-18-12-17-20-19-16-7-3-4-10-21(16)17/h1-7,10,13,18H,8-9,11-12H2. The van der Waals surface area contributed by atoms with Crippen molar-refractivity contribution >= 4 is 5.65 Å². The van der Waals surface area contributed by atoms with Gasteiger partial charge in [0.2, 0.25) is 0 Å². The summed E-state index contributed by atoms with van der Waals surface area (Å²) in [4.78, 5) is 0. The molecule has 2 aromatic heterocycles. The van der Waals surface area contributed by atoms with Crippen molar-refractivity contribution in [3.8, 4) is 0 Å². The number of hydrogen-bond acceptors (Lipinski definition) is 3. The van der Waals surface area contributed by atoms with Crippen LogP contribution >= 0.6 is 0 Å². The molecule has 1 N–H and O–H groups in total. The highest BCUT2D eigenvalue weighted by Crippen LogP contribution is 2.41. The van der Waals surface area contributed by atoms with Crippen LogP contribution in [0.25, 0.3) is 5.65 Å². The zero-order valence-electron chi connectivity index (χ0n) is 11.9. The van der Waals surface area contributed by atoms with Gasteiger partial charge in [-0.3, -0.25) is 4.40 Å². The Balaban J connectivity index is 1.46. The molecule has 0 bridgehead atoms. The SMILES string of the molecule is c1ccc(C2CC2)c(CNCc2nnc3ccccn23)c1. The quantitative estimate of drug-likeness (QED) is 0.780. The predicted octanol–water partition coefficient (Wildman–Crippen LogP) is 2.90. The van der Waals surface area contributed by atoms with E-state index >= 15 is 0 Å². The Hall–Kier alpha value is -2.20. The number of nitrogens with zero attached hydrogens (tertiary/aromatic N) is 3. The minimum atomic E-state index is 0.726.